The third-order valence-electron chi connectivity index (χ3n) is 6.95. The highest BCUT2D eigenvalue weighted by Gasteiger charge is 2.27. The summed E-state index contributed by atoms with van der Waals surface area (Å²) in [7, 11) is 0. The van der Waals surface area contributed by atoms with Crippen molar-refractivity contribution in [3.05, 3.63) is 47.7 Å². The number of hydrogen-bond donors (Lipinski definition) is 0. The molecule has 36 heavy (non-hydrogen) atoms. The largest absolute Gasteiger partial charge is 0.370 e. The molecule has 2 saturated heterocycles. The van der Waals surface area contributed by atoms with Crippen molar-refractivity contribution < 1.29 is 14.1 Å². The molecule has 0 radical (unpaired) electrons. The van der Waals surface area contributed by atoms with Gasteiger partial charge in [-0.25, -0.2) is 9.50 Å². The topological polar surface area (TPSA) is 102 Å². The van der Waals surface area contributed by atoms with Crippen molar-refractivity contribution in [1.29, 1.82) is 0 Å². The number of hydrogen-bond acceptors (Lipinski definition) is 9. The van der Waals surface area contributed by atoms with E-state index in [9.17, 15) is 4.79 Å². The summed E-state index contributed by atoms with van der Waals surface area (Å²) >= 11 is 1.61. The number of nitrogens with zero attached hydrogens (tertiary/aromatic N) is 7. The van der Waals surface area contributed by atoms with E-state index in [1.54, 1.807) is 16.2 Å². The van der Waals surface area contributed by atoms with Gasteiger partial charge in [0, 0.05) is 37.0 Å². The fourth-order valence-electron chi connectivity index (χ4n) is 4.76. The second-order valence-electron chi connectivity index (χ2n) is 9.73. The summed E-state index contributed by atoms with van der Waals surface area (Å²) in [5, 5.41) is 9.91. The Morgan fingerprint density at radius 3 is 2.61 bits per heavy atom. The Bertz CT molecular complexity index is 1310. The Morgan fingerprint density at radius 2 is 1.92 bits per heavy atom. The number of amides is 1. The Labute approximate surface area is 212 Å². The van der Waals surface area contributed by atoms with E-state index in [-0.39, 0.29) is 12.0 Å². The van der Waals surface area contributed by atoms with Gasteiger partial charge in [0.1, 0.15) is 6.10 Å². The van der Waals surface area contributed by atoms with E-state index in [2.05, 4.69) is 53.2 Å². The number of piperidine rings is 1. The first-order valence-electron chi connectivity index (χ1n) is 12.4. The predicted octanol–water partition coefficient (Wildman–Crippen LogP) is 3.88. The number of rotatable bonds is 6. The molecule has 2 fully saturated rings. The maximum absolute atomic E-state index is 11.1. The molecular formula is C25H29N7O3S. The van der Waals surface area contributed by atoms with Crippen LogP contribution in [0.15, 0.2) is 35.0 Å². The van der Waals surface area contributed by atoms with Crippen molar-refractivity contribution >= 4 is 27.8 Å². The Kier molecular flexibility index (Phi) is 6.18. The molecule has 2 aliphatic rings. The lowest BCUT2D eigenvalue weighted by molar-refractivity contribution is -0.125. The molecular weight excluding hydrogens is 478 g/mol. The SMILES string of the molecule is CC(C)c1noc(C2CCN(c3nn4cc(-c5ccc(C6CN(C=O)CCO6)cc5)nc4s3)CC2)n1. The first-order chi connectivity index (χ1) is 17.6. The molecule has 3 aromatic heterocycles. The average molecular weight is 508 g/mol. The first-order valence-corrected chi connectivity index (χ1v) is 13.2. The summed E-state index contributed by atoms with van der Waals surface area (Å²) in [4.78, 5) is 25.5. The molecule has 0 N–H and O–H groups in total. The summed E-state index contributed by atoms with van der Waals surface area (Å²) in [6.45, 7) is 7.75. The van der Waals surface area contributed by atoms with Crippen LogP contribution >= 0.6 is 11.3 Å². The van der Waals surface area contributed by atoms with Gasteiger partial charge in [-0.05, 0) is 18.4 Å². The molecule has 0 saturated carbocycles. The standard InChI is InChI=1S/C25H29N7O3S/c1-16(2)22-27-23(35-29-22)19-7-9-31(10-8-19)25-28-32-13-20(26-24(32)36-25)17-3-5-18(6-4-17)21-14-30(15-33)11-12-34-21/h3-6,13,15-16,19,21H,7-12,14H2,1-2H3. The van der Waals surface area contributed by atoms with E-state index in [4.69, 9.17) is 19.3 Å². The summed E-state index contributed by atoms with van der Waals surface area (Å²) in [6.07, 6.45) is 4.72. The van der Waals surface area contributed by atoms with Gasteiger partial charge in [0.25, 0.3) is 0 Å². The van der Waals surface area contributed by atoms with Gasteiger partial charge in [0.15, 0.2) is 5.82 Å². The van der Waals surface area contributed by atoms with Crippen molar-refractivity contribution in [2.24, 2.45) is 0 Å². The maximum atomic E-state index is 11.1. The average Bonchev–Trinajstić information content (AvgIpc) is 3.65. The summed E-state index contributed by atoms with van der Waals surface area (Å²) < 4.78 is 13.2. The van der Waals surface area contributed by atoms with Crippen LogP contribution in [0.25, 0.3) is 16.2 Å². The molecule has 188 valence electrons. The third-order valence-corrected chi connectivity index (χ3v) is 7.93. The minimum absolute atomic E-state index is 0.0889. The summed E-state index contributed by atoms with van der Waals surface area (Å²) in [5.41, 5.74) is 2.99. The van der Waals surface area contributed by atoms with E-state index in [0.29, 0.717) is 25.6 Å². The van der Waals surface area contributed by atoms with Crippen LogP contribution in [0.1, 0.15) is 61.9 Å². The fraction of sp³-hybridized carbons (Fsp3) is 0.480. The zero-order chi connectivity index (χ0) is 24.6. The van der Waals surface area contributed by atoms with Crippen LogP contribution in [-0.4, -0.2) is 68.8 Å². The molecule has 1 amide bonds. The number of imidazole rings is 1. The minimum Gasteiger partial charge on any atom is -0.370 e. The van der Waals surface area contributed by atoms with E-state index in [1.165, 1.54) is 0 Å². The summed E-state index contributed by atoms with van der Waals surface area (Å²) in [5.74, 6) is 2.13. The van der Waals surface area contributed by atoms with Crippen LogP contribution in [0.5, 0.6) is 0 Å². The number of benzene rings is 1. The minimum atomic E-state index is -0.0889. The predicted molar refractivity (Wildman–Crippen MR) is 135 cm³/mol. The maximum Gasteiger partial charge on any atom is 0.229 e. The smallest absolute Gasteiger partial charge is 0.229 e. The highest BCUT2D eigenvalue weighted by atomic mass is 32.1. The van der Waals surface area contributed by atoms with Gasteiger partial charge in [-0.2, -0.15) is 4.98 Å². The second kappa shape index (κ2) is 9.62. The van der Waals surface area contributed by atoms with E-state index >= 15 is 0 Å². The molecule has 10 nitrogen and oxygen atoms in total. The van der Waals surface area contributed by atoms with Gasteiger partial charge in [-0.1, -0.05) is 54.6 Å². The number of anilines is 1. The van der Waals surface area contributed by atoms with Gasteiger partial charge in [0.05, 0.1) is 25.0 Å². The van der Waals surface area contributed by atoms with Crippen LogP contribution in [-0.2, 0) is 9.53 Å². The Hall–Kier alpha value is -3.31. The quantitative estimate of drug-likeness (QED) is 0.363. The zero-order valence-corrected chi connectivity index (χ0v) is 21.2. The van der Waals surface area contributed by atoms with Gasteiger partial charge in [-0.15, -0.1) is 5.10 Å². The second-order valence-corrected chi connectivity index (χ2v) is 10.7. The molecule has 0 bridgehead atoms. The molecule has 1 aromatic carbocycles. The van der Waals surface area contributed by atoms with Crippen molar-refractivity contribution in [1.82, 2.24) is 29.6 Å². The van der Waals surface area contributed by atoms with Crippen molar-refractivity contribution in [3.8, 4) is 11.3 Å². The van der Waals surface area contributed by atoms with Crippen molar-refractivity contribution in [3.63, 3.8) is 0 Å². The Balaban J connectivity index is 1.10. The lowest BCUT2D eigenvalue weighted by Gasteiger charge is -2.30. The molecule has 6 rings (SSSR count). The number of ether oxygens (including phenoxy) is 1. The first kappa shape index (κ1) is 23.1. The Morgan fingerprint density at radius 1 is 1.11 bits per heavy atom. The monoisotopic (exact) mass is 507 g/mol. The zero-order valence-electron chi connectivity index (χ0n) is 20.4. The van der Waals surface area contributed by atoms with E-state index in [0.717, 1.165) is 71.0 Å². The number of carbonyl (C=O) groups is 1. The molecule has 1 unspecified atom stereocenters. The molecule has 5 heterocycles. The molecule has 4 aromatic rings. The van der Waals surface area contributed by atoms with Crippen LogP contribution in [0.2, 0.25) is 0 Å². The number of morpholine rings is 1. The van der Waals surface area contributed by atoms with Crippen LogP contribution in [0.4, 0.5) is 5.13 Å². The summed E-state index contributed by atoms with van der Waals surface area (Å²) in [6, 6.07) is 8.22. The number of aromatic nitrogens is 5. The van der Waals surface area contributed by atoms with E-state index < -0.39 is 0 Å². The van der Waals surface area contributed by atoms with Crippen LogP contribution in [0.3, 0.4) is 0 Å². The highest BCUT2D eigenvalue weighted by Crippen LogP contribution is 2.33. The lowest BCUT2D eigenvalue weighted by Crippen LogP contribution is -2.37. The number of carbonyl (C=O) groups excluding carboxylic acids is 1. The number of fused-ring (bicyclic) bond motifs is 1. The van der Waals surface area contributed by atoms with Gasteiger partial charge < -0.3 is 19.1 Å². The lowest BCUT2D eigenvalue weighted by atomic mass is 9.97. The molecule has 0 spiro atoms. The van der Waals surface area contributed by atoms with Crippen molar-refractivity contribution in [2.45, 2.75) is 44.6 Å². The van der Waals surface area contributed by atoms with Gasteiger partial charge in [0.2, 0.25) is 22.4 Å². The fourth-order valence-corrected chi connectivity index (χ4v) is 5.69. The van der Waals surface area contributed by atoms with Gasteiger partial charge in [-0.3, -0.25) is 4.79 Å². The molecule has 11 heteroatoms. The van der Waals surface area contributed by atoms with E-state index in [1.807, 2.05) is 10.7 Å². The van der Waals surface area contributed by atoms with Crippen LogP contribution in [0, 0.1) is 0 Å². The third kappa shape index (κ3) is 4.48. The van der Waals surface area contributed by atoms with Crippen LogP contribution < -0.4 is 4.90 Å². The highest BCUT2D eigenvalue weighted by molar-refractivity contribution is 7.20. The normalized spacial score (nSPS) is 19.5. The molecule has 1 atom stereocenters. The molecule has 0 aliphatic carbocycles. The van der Waals surface area contributed by atoms with Gasteiger partial charge >= 0.3 is 0 Å². The molecule has 2 aliphatic heterocycles. The van der Waals surface area contributed by atoms with Crippen molar-refractivity contribution in [2.75, 3.05) is 37.7 Å².